The Morgan fingerprint density at radius 1 is 1.16 bits per heavy atom. The minimum atomic E-state index is -4.38. The molecule has 0 bridgehead atoms. The lowest BCUT2D eigenvalue weighted by molar-refractivity contribution is -0.141. The summed E-state index contributed by atoms with van der Waals surface area (Å²) < 4.78 is 37.3. The SMILES string of the molecule is CSCCCCCCNc1cccc(C(F)(F)F)n1. The van der Waals surface area contributed by atoms with Crippen molar-refractivity contribution in [2.75, 3.05) is 23.9 Å². The molecule has 0 aliphatic heterocycles. The number of nitrogens with one attached hydrogen (secondary N) is 1. The lowest BCUT2D eigenvalue weighted by atomic mass is 10.2. The van der Waals surface area contributed by atoms with Crippen LogP contribution in [0.25, 0.3) is 0 Å². The lowest BCUT2D eigenvalue weighted by Gasteiger charge is -2.09. The molecule has 19 heavy (non-hydrogen) atoms. The molecule has 0 spiro atoms. The van der Waals surface area contributed by atoms with E-state index in [0.29, 0.717) is 12.4 Å². The molecule has 0 amide bonds. The average Bonchev–Trinajstić information content (AvgIpc) is 2.37. The fraction of sp³-hybridized carbons (Fsp3) is 0.615. The van der Waals surface area contributed by atoms with E-state index in [2.05, 4.69) is 16.6 Å². The van der Waals surface area contributed by atoms with Crippen LogP contribution >= 0.6 is 11.8 Å². The van der Waals surface area contributed by atoms with Gasteiger partial charge in [-0.3, -0.25) is 0 Å². The number of rotatable bonds is 8. The average molecular weight is 292 g/mol. The molecular formula is C13H19F3N2S. The van der Waals surface area contributed by atoms with E-state index in [1.165, 1.54) is 24.7 Å². The minimum Gasteiger partial charge on any atom is -0.370 e. The molecule has 1 rings (SSSR count). The topological polar surface area (TPSA) is 24.9 Å². The first-order chi connectivity index (χ1) is 9.04. The normalized spacial score (nSPS) is 11.6. The molecule has 0 saturated carbocycles. The maximum atomic E-state index is 12.4. The quantitative estimate of drug-likeness (QED) is 0.717. The number of nitrogens with zero attached hydrogens (tertiary/aromatic N) is 1. The van der Waals surface area contributed by atoms with Gasteiger partial charge in [0.05, 0.1) is 0 Å². The van der Waals surface area contributed by atoms with Gasteiger partial charge >= 0.3 is 6.18 Å². The van der Waals surface area contributed by atoms with E-state index in [0.717, 1.165) is 18.9 Å². The minimum absolute atomic E-state index is 0.291. The molecule has 1 heterocycles. The highest BCUT2D eigenvalue weighted by molar-refractivity contribution is 7.98. The van der Waals surface area contributed by atoms with E-state index in [1.807, 2.05) is 11.8 Å². The second kappa shape index (κ2) is 8.30. The number of halogens is 3. The van der Waals surface area contributed by atoms with Crippen molar-refractivity contribution in [2.45, 2.75) is 31.9 Å². The standard InChI is InChI=1S/C13H19F3N2S/c1-19-10-5-3-2-4-9-17-12-8-6-7-11(18-12)13(14,15)16/h6-8H,2-5,9-10H2,1H3,(H,17,18). The Kier molecular flexibility index (Phi) is 7.05. The number of thioether (sulfide) groups is 1. The highest BCUT2D eigenvalue weighted by Gasteiger charge is 2.32. The third-order valence-electron chi connectivity index (χ3n) is 2.62. The van der Waals surface area contributed by atoms with Gasteiger partial charge in [-0.2, -0.15) is 24.9 Å². The van der Waals surface area contributed by atoms with Gasteiger partial charge in [-0.1, -0.05) is 18.9 Å². The second-order valence-electron chi connectivity index (χ2n) is 4.24. The Hall–Kier alpha value is -0.910. The number of alkyl halides is 3. The molecule has 1 aromatic rings. The molecule has 2 nitrogen and oxygen atoms in total. The maximum absolute atomic E-state index is 12.4. The summed E-state index contributed by atoms with van der Waals surface area (Å²) in [6.07, 6.45) is 2.11. The van der Waals surface area contributed by atoms with Crippen LogP contribution in [-0.4, -0.2) is 23.5 Å². The summed E-state index contributed by atoms with van der Waals surface area (Å²) in [5, 5.41) is 2.93. The number of hydrogen-bond acceptors (Lipinski definition) is 3. The van der Waals surface area contributed by atoms with Gasteiger partial charge in [0.15, 0.2) is 0 Å². The van der Waals surface area contributed by atoms with E-state index in [9.17, 15) is 13.2 Å². The van der Waals surface area contributed by atoms with Crippen molar-refractivity contribution in [3.05, 3.63) is 23.9 Å². The van der Waals surface area contributed by atoms with E-state index < -0.39 is 11.9 Å². The predicted molar refractivity (Wildman–Crippen MR) is 74.6 cm³/mol. The van der Waals surface area contributed by atoms with Crippen LogP contribution in [0.4, 0.5) is 19.0 Å². The zero-order valence-electron chi connectivity index (χ0n) is 11.0. The van der Waals surface area contributed by atoms with Gasteiger partial charge < -0.3 is 5.32 Å². The van der Waals surface area contributed by atoms with Crippen LogP contribution in [0.1, 0.15) is 31.4 Å². The number of pyridine rings is 1. The molecule has 0 aliphatic carbocycles. The Balaban J connectivity index is 2.26. The molecule has 0 aliphatic rings. The highest BCUT2D eigenvalue weighted by atomic mass is 32.2. The highest BCUT2D eigenvalue weighted by Crippen LogP contribution is 2.28. The summed E-state index contributed by atoms with van der Waals surface area (Å²) in [4.78, 5) is 3.55. The van der Waals surface area contributed by atoms with Crippen LogP contribution in [0, 0.1) is 0 Å². The molecule has 6 heteroatoms. The molecule has 0 fully saturated rings. The summed E-state index contributed by atoms with van der Waals surface area (Å²) in [6.45, 7) is 0.660. The number of hydrogen-bond donors (Lipinski definition) is 1. The summed E-state index contributed by atoms with van der Waals surface area (Å²) in [7, 11) is 0. The molecular weight excluding hydrogens is 273 g/mol. The third kappa shape index (κ3) is 6.71. The zero-order valence-corrected chi connectivity index (χ0v) is 11.8. The van der Waals surface area contributed by atoms with Crippen LogP contribution in [0.5, 0.6) is 0 Å². The van der Waals surface area contributed by atoms with Crippen LogP contribution in [0.15, 0.2) is 18.2 Å². The van der Waals surface area contributed by atoms with E-state index >= 15 is 0 Å². The zero-order chi connectivity index (χ0) is 14.1. The van der Waals surface area contributed by atoms with Gasteiger partial charge in [-0.15, -0.1) is 0 Å². The van der Waals surface area contributed by atoms with Gasteiger partial charge in [0.1, 0.15) is 11.5 Å². The monoisotopic (exact) mass is 292 g/mol. The van der Waals surface area contributed by atoms with Crippen molar-refractivity contribution in [1.82, 2.24) is 4.98 Å². The largest absolute Gasteiger partial charge is 0.433 e. The predicted octanol–water partition coefficient (Wildman–Crippen LogP) is 4.44. The van der Waals surface area contributed by atoms with Crippen LogP contribution in [-0.2, 0) is 6.18 Å². The molecule has 0 aromatic carbocycles. The third-order valence-corrected chi connectivity index (χ3v) is 3.32. The molecule has 1 N–H and O–H groups in total. The van der Waals surface area contributed by atoms with Gasteiger partial charge in [-0.05, 0) is 37.0 Å². The van der Waals surface area contributed by atoms with Crippen molar-refractivity contribution >= 4 is 17.6 Å². The Bertz CT molecular complexity index is 369. The van der Waals surface area contributed by atoms with Gasteiger partial charge in [-0.25, -0.2) is 4.98 Å². The van der Waals surface area contributed by atoms with E-state index in [-0.39, 0.29) is 0 Å². The summed E-state index contributed by atoms with van der Waals surface area (Å²) in [5.41, 5.74) is -0.850. The number of anilines is 1. The molecule has 0 radical (unpaired) electrons. The van der Waals surface area contributed by atoms with E-state index in [4.69, 9.17) is 0 Å². The summed E-state index contributed by atoms with van der Waals surface area (Å²) in [6, 6.07) is 3.91. The molecule has 108 valence electrons. The Morgan fingerprint density at radius 2 is 1.89 bits per heavy atom. The fourth-order valence-corrected chi connectivity index (χ4v) is 2.13. The van der Waals surface area contributed by atoms with Gasteiger partial charge in [0.2, 0.25) is 0 Å². The second-order valence-corrected chi connectivity index (χ2v) is 5.23. The van der Waals surface area contributed by atoms with Crippen molar-refractivity contribution in [2.24, 2.45) is 0 Å². The summed E-state index contributed by atoms with van der Waals surface area (Å²) >= 11 is 1.83. The Morgan fingerprint density at radius 3 is 2.58 bits per heavy atom. The van der Waals surface area contributed by atoms with Crippen LogP contribution in [0.3, 0.4) is 0 Å². The molecule has 0 unspecified atom stereocenters. The van der Waals surface area contributed by atoms with Crippen molar-refractivity contribution < 1.29 is 13.2 Å². The molecule has 1 aromatic heterocycles. The van der Waals surface area contributed by atoms with Gasteiger partial charge in [0, 0.05) is 6.54 Å². The lowest BCUT2D eigenvalue weighted by Crippen LogP contribution is -2.10. The first-order valence-electron chi connectivity index (χ1n) is 6.31. The molecule has 0 saturated heterocycles. The molecule has 0 atom stereocenters. The number of unbranched alkanes of at least 4 members (excludes halogenated alkanes) is 3. The first kappa shape index (κ1) is 16.1. The Labute approximate surface area is 116 Å². The maximum Gasteiger partial charge on any atom is 0.433 e. The van der Waals surface area contributed by atoms with Gasteiger partial charge in [0.25, 0.3) is 0 Å². The van der Waals surface area contributed by atoms with E-state index in [1.54, 1.807) is 6.07 Å². The van der Waals surface area contributed by atoms with Crippen molar-refractivity contribution in [3.63, 3.8) is 0 Å². The van der Waals surface area contributed by atoms with Crippen molar-refractivity contribution in [1.29, 1.82) is 0 Å². The van der Waals surface area contributed by atoms with Crippen LogP contribution in [0.2, 0.25) is 0 Å². The van der Waals surface area contributed by atoms with Crippen LogP contribution < -0.4 is 5.32 Å². The first-order valence-corrected chi connectivity index (χ1v) is 7.70. The smallest absolute Gasteiger partial charge is 0.370 e. The van der Waals surface area contributed by atoms with Crippen molar-refractivity contribution in [3.8, 4) is 0 Å². The fourth-order valence-electron chi connectivity index (χ4n) is 1.63. The number of aromatic nitrogens is 1. The summed E-state index contributed by atoms with van der Waals surface area (Å²) in [5.74, 6) is 1.46.